The van der Waals surface area contributed by atoms with Crippen LogP contribution in [-0.2, 0) is 5.60 Å². The van der Waals surface area contributed by atoms with Crippen molar-refractivity contribution >= 4 is 11.6 Å². The lowest BCUT2D eigenvalue weighted by molar-refractivity contribution is -0.0603. The van der Waals surface area contributed by atoms with E-state index < -0.39 is 25.4 Å². The smallest absolute Gasteiger partial charge is 0.387 e. The Morgan fingerprint density at radius 2 is 1.88 bits per heavy atom. The van der Waals surface area contributed by atoms with E-state index in [0.29, 0.717) is 0 Å². The van der Waals surface area contributed by atoms with E-state index >= 15 is 0 Å². The Bertz CT molecular complexity index is 383. The van der Waals surface area contributed by atoms with Crippen molar-refractivity contribution in [1.29, 1.82) is 0 Å². The number of hydrogen-bond donors (Lipinski definition) is 3. The first-order valence-corrected chi connectivity index (χ1v) is 4.99. The van der Waals surface area contributed by atoms with Gasteiger partial charge in [-0.05, 0) is 12.1 Å². The third-order valence-corrected chi connectivity index (χ3v) is 2.50. The molecule has 0 unspecified atom stereocenters. The highest BCUT2D eigenvalue weighted by Gasteiger charge is 2.30. The summed E-state index contributed by atoms with van der Waals surface area (Å²) in [6, 6.07) is 3.43. The van der Waals surface area contributed by atoms with Gasteiger partial charge in [-0.25, -0.2) is 0 Å². The summed E-state index contributed by atoms with van der Waals surface area (Å²) in [5, 5.41) is 27.6. The van der Waals surface area contributed by atoms with Crippen LogP contribution >= 0.6 is 11.6 Å². The number of ether oxygens (including phenoxy) is 1. The van der Waals surface area contributed by atoms with Gasteiger partial charge in [-0.3, -0.25) is 0 Å². The predicted molar refractivity (Wildman–Crippen MR) is 56.2 cm³/mol. The van der Waals surface area contributed by atoms with E-state index in [2.05, 4.69) is 4.74 Å². The minimum atomic E-state index is -2.98. The lowest BCUT2D eigenvalue weighted by Gasteiger charge is -2.25. The minimum Gasteiger partial charge on any atom is -0.435 e. The van der Waals surface area contributed by atoms with E-state index in [-0.39, 0.29) is 16.3 Å². The van der Waals surface area contributed by atoms with Crippen molar-refractivity contribution in [3.05, 3.63) is 28.8 Å². The number of hydrogen-bond acceptors (Lipinski definition) is 4. The number of alkyl halides is 2. The Balaban J connectivity index is 3.05. The summed E-state index contributed by atoms with van der Waals surface area (Å²) >= 11 is 5.75. The van der Waals surface area contributed by atoms with Crippen molar-refractivity contribution in [3.63, 3.8) is 0 Å². The quantitative estimate of drug-likeness (QED) is 0.748. The van der Waals surface area contributed by atoms with Crippen molar-refractivity contribution < 1.29 is 28.8 Å². The van der Waals surface area contributed by atoms with Crippen LogP contribution in [0.3, 0.4) is 0 Å². The van der Waals surface area contributed by atoms with Crippen LogP contribution < -0.4 is 4.74 Å². The van der Waals surface area contributed by atoms with Crippen LogP contribution in [0.2, 0.25) is 5.02 Å². The second-order valence-electron chi connectivity index (χ2n) is 3.37. The SMILES string of the molecule is OCC(O)(CO)c1ccc(OC(F)F)cc1Cl. The highest BCUT2D eigenvalue weighted by Crippen LogP contribution is 2.31. The number of halogens is 3. The minimum absolute atomic E-state index is 0.0331. The molecule has 0 aliphatic rings. The van der Waals surface area contributed by atoms with E-state index in [4.69, 9.17) is 21.8 Å². The molecule has 0 aliphatic carbocycles. The van der Waals surface area contributed by atoms with Crippen LogP contribution in [0.15, 0.2) is 18.2 Å². The molecule has 0 atom stereocenters. The van der Waals surface area contributed by atoms with E-state index in [0.717, 1.165) is 12.1 Å². The molecule has 0 spiro atoms. The van der Waals surface area contributed by atoms with Gasteiger partial charge in [0.25, 0.3) is 0 Å². The standard InChI is InChI=1S/C10H11ClF2O4/c11-8-3-6(17-9(12)13)1-2-7(8)10(16,4-14)5-15/h1-3,9,14-16H,4-5H2. The van der Waals surface area contributed by atoms with Crippen LogP contribution in [-0.4, -0.2) is 35.1 Å². The van der Waals surface area contributed by atoms with E-state index in [1.807, 2.05) is 0 Å². The molecule has 17 heavy (non-hydrogen) atoms. The van der Waals surface area contributed by atoms with Crippen molar-refractivity contribution in [2.75, 3.05) is 13.2 Å². The lowest BCUT2D eigenvalue weighted by atomic mass is 9.95. The van der Waals surface area contributed by atoms with Gasteiger partial charge in [0.1, 0.15) is 11.4 Å². The van der Waals surface area contributed by atoms with Crippen molar-refractivity contribution in [3.8, 4) is 5.75 Å². The Kier molecular flexibility index (Phi) is 4.64. The molecule has 7 heteroatoms. The molecular weight excluding hydrogens is 258 g/mol. The highest BCUT2D eigenvalue weighted by molar-refractivity contribution is 6.31. The molecule has 0 aliphatic heterocycles. The highest BCUT2D eigenvalue weighted by atomic mass is 35.5. The average Bonchev–Trinajstić information content (AvgIpc) is 2.27. The molecule has 0 saturated heterocycles. The van der Waals surface area contributed by atoms with Gasteiger partial charge in [0, 0.05) is 5.56 Å². The van der Waals surface area contributed by atoms with Gasteiger partial charge in [0.15, 0.2) is 0 Å². The van der Waals surface area contributed by atoms with Crippen molar-refractivity contribution in [2.45, 2.75) is 12.2 Å². The molecule has 0 bridgehead atoms. The van der Waals surface area contributed by atoms with Crippen molar-refractivity contribution in [2.24, 2.45) is 0 Å². The van der Waals surface area contributed by atoms with Crippen LogP contribution in [0.4, 0.5) is 8.78 Å². The summed E-state index contributed by atoms with van der Waals surface area (Å²) in [5.74, 6) is -0.174. The molecule has 0 radical (unpaired) electrons. The largest absolute Gasteiger partial charge is 0.435 e. The number of aliphatic hydroxyl groups is 3. The Morgan fingerprint density at radius 1 is 1.29 bits per heavy atom. The maximum absolute atomic E-state index is 11.9. The van der Waals surface area contributed by atoms with Gasteiger partial charge in [-0.1, -0.05) is 17.7 Å². The van der Waals surface area contributed by atoms with Gasteiger partial charge < -0.3 is 20.1 Å². The second kappa shape index (κ2) is 5.59. The fourth-order valence-electron chi connectivity index (χ4n) is 1.27. The summed E-state index contributed by atoms with van der Waals surface area (Å²) in [4.78, 5) is 0. The Labute approximate surface area is 101 Å². The second-order valence-corrected chi connectivity index (χ2v) is 3.78. The molecule has 1 rings (SSSR count). The van der Waals surface area contributed by atoms with Crippen LogP contribution in [0, 0.1) is 0 Å². The van der Waals surface area contributed by atoms with Gasteiger partial charge >= 0.3 is 6.61 Å². The van der Waals surface area contributed by atoms with E-state index in [1.165, 1.54) is 6.07 Å². The molecule has 0 saturated carbocycles. The monoisotopic (exact) mass is 268 g/mol. The van der Waals surface area contributed by atoms with Gasteiger partial charge in [0.05, 0.1) is 18.2 Å². The first-order valence-electron chi connectivity index (χ1n) is 4.62. The Hall–Kier alpha value is -0.950. The summed E-state index contributed by atoms with van der Waals surface area (Å²) in [6.07, 6.45) is 0. The summed E-state index contributed by atoms with van der Waals surface area (Å²) in [6.45, 7) is -4.48. The molecule has 0 heterocycles. The van der Waals surface area contributed by atoms with E-state index in [1.54, 1.807) is 0 Å². The van der Waals surface area contributed by atoms with Crippen molar-refractivity contribution in [1.82, 2.24) is 0 Å². The van der Waals surface area contributed by atoms with Crippen LogP contribution in [0.5, 0.6) is 5.75 Å². The topological polar surface area (TPSA) is 69.9 Å². The third kappa shape index (κ3) is 3.26. The first kappa shape index (κ1) is 14.1. The molecule has 1 aromatic carbocycles. The number of rotatable bonds is 5. The first-order chi connectivity index (χ1) is 7.92. The van der Waals surface area contributed by atoms with Gasteiger partial charge in [-0.15, -0.1) is 0 Å². The molecule has 0 aromatic heterocycles. The lowest BCUT2D eigenvalue weighted by Crippen LogP contribution is -2.34. The fourth-order valence-corrected chi connectivity index (χ4v) is 1.62. The summed E-state index contributed by atoms with van der Waals surface area (Å²) in [5.41, 5.74) is -1.88. The zero-order valence-electron chi connectivity index (χ0n) is 8.61. The molecule has 0 amide bonds. The third-order valence-electron chi connectivity index (χ3n) is 2.19. The maximum atomic E-state index is 11.9. The normalized spacial score (nSPS) is 11.9. The summed E-state index contributed by atoms with van der Waals surface area (Å²) in [7, 11) is 0. The van der Waals surface area contributed by atoms with Gasteiger partial charge in [0.2, 0.25) is 0 Å². The van der Waals surface area contributed by atoms with Crippen LogP contribution in [0.25, 0.3) is 0 Å². The molecule has 1 aromatic rings. The maximum Gasteiger partial charge on any atom is 0.387 e. The Morgan fingerprint density at radius 3 is 2.29 bits per heavy atom. The molecular formula is C10H11ClF2O4. The average molecular weight is 269 g/mol. The fraction of sp³-hybridized carbons (Fsp3) is 0.400. The molecule has 96 valence electrons. The van der Waals surface area contributed by atoms with Gasteiger partial charge in [-0.2, -0.15) is 8.78 Å². The zero-order valence-corrected chi connectivity index (χ0v) is 9.36. The molecule has 0 fully saturated rings. The van der Waals surface area contributed by atoms with Crippen LogP contribution in [0.1, 0.15) is 5.56 Å². The predicted octanol–water partition coefficient (Wildman–Crippen LogP) is 1.11. The molecule has 4 nitrogen and oxygen atoms in total. The summed E-state index contributed by atoms with van der Waals surface area (Å²) < 4.78 is 28.0. The number of aliphatic hydroxyl groups excluding tert-OH is 2. The molecule has 3 N–H and O–H groups in total. The zero-order chi connectivity index (χ0) is 13.1. The number of benzene rings is 1. The van der Waals surface area contributed by atoms with E-state index in [9.17, 15) is 13.9 Å².